The minimum Gasteiger partial charge on any atom is -0.497 e. The van der Waals surface area contributed by atoms with Gasteiger partial charge in [0.2, 0.25) is 0 Å². The van der Waals surface area contributed by atoms with E-state index < -0.39 is 0 Å². The molecule has 0 fully saturated rings. The van der Waals surface area contributed by atoms with Crippen LogP contribution >= 0.6 is 0 Å². The molecular weight excluding hydrogens is 184 g/mol. The molecule has 2 aromatic carbocycles. The fraction of sp³-hybridized carbons (Fsp3) is 0.143. The quantitative estimate of drug-likeness (QED) is 0.716. The van der Waals surface area contributed by atoms with Gasteiger partial charge in [0.15, 0.2) is 0 Å². The normalized spacial score (nSPS) is 10.0. The van der Waals surface area contributed by atoms with Crippen molar-refractivity contribution in [1.82, 2.24) is 0 Å². The summed E-state index contributed by atoms with van der Waals surface area (Å²) in [6.45, 7) is 2.05. The van der Waals surface area contributed by atoms with Gasteiger partial charge in [-0.15, -0.1) is 0 Å². The first kappa shape index (κ1) is 9.78. The highest BCUT2D eigenvalue weighted by atomic mass is 16.5. The summed E-state index contributed by atoms with van der Waals surface area (Å²) >= 11 is 0. The summed E-state index contributed by atoms with van der Waals surface area (Å²) in [5.74, 6) is 0.881. The molecule has 0 aliphatic heterocycles. The Balaban J connectivity index is 2.37. The Morgan fingerprint density at radius 3 is 2.33 bits per heavy atom. The van der Waals surface area contributed by atoms with Crippen LogP contribution in [-0.2, 0) is 0 Å². The van der Waals surface area contributed by atoms with E-state index in [1.54, 1.807) is 7.11 Å². The summed E-state index contributed by atoms with van der Waals surface area (Å²) in [5, 5.41) is 0. The largest absolute Gasteiger partial charge is 0.497 e. The van der Waals surface area contributed by atoms with Crippen molar-refractivity contribution in [3.8, 4) is 16.9 Å². The third-order valence-electron chi connectivity index (χ3n) is 2.34. The van der Waals surface area contributed by atoms with E-state index in [-0.39, 0.29) is 0 Å². The Hall–Kier alpha value is -1.76. The van der Waals surface area contributed by atoms with Crippen molar-refractivity contribution in [2.45, 2.75) is 6.92 Å². The van der Waals surface area contributed by atoms with Crippen LogP contribution in [0.2, 0.25) is 0 Å². The van der Waals surface area contributed by atoms with Crippen LogP contribution in [0.5, 0.6) is 5.75 Å². The molecule has 0 aromatic heterocycles. The zero-order valence-electron chi connectivity index (χ0n) is 8.95. The lowest BCUT2D eigenvalue weighted by Crippen LogP contribution is -1.83. The molecule has 0 N–H and O–H groups in total. The lowest BCUT2D eigenvalue weighted by atomic mass is 10.0. The molecule has 0 atom stereocenters. The first-order chi connectivity index (χ1) is 7.29. The molecule has 0 spiro atoms. The number of methoxy groups -OCH3 is 1. The zero-order chi connectivity index (χ0) is 10.7. The molecule has 0 amide bonds. The Labute approximate surface area is 90.3 Å². The van der Waals surface area contributed by atoms with Crippen LogP contribution < -0.4 is 4.74 Å². The Bertz CT molecular complexity index is 443. The molecule has 0 aliphatic carbocycles. The molecule has 0 saturated heterocycles. The van der Waals surface area contributed by atoms with Gasteiger partial charge in [-0.3, -0.25) is 0 Å². The first-order valence-electron chi connectivity index (χ1n) is 4.93. The van der Waals surface area contributed by atoms with Gasteiger partial charge in [0, 0.05) is 0 Å². The molecule has 75 valence electrons. The van der Waals surface area contributed by atoms with Gasteiger partial charge >= 0.3 is 0 Å². The number of aryl methyl sites for hydroxylation is 1. The van der Waals surface area contributed by atoms with Gasteiger partial charge in [-0.25, -0.2) is 0 Å². The molecule has 2 aromatic rings. The fourth-order valence-electron chi connectivity index (χ4n) is 1.52. The van der Waals surface area contributed by atoms with Gasteiger partial charge < -0.3 is 4.74 Å². The van der Waals surface area contributed by atoms with Gasteiger partial charge in [0.05, 0.1) is 7.11 Å². The lowest BCUT2D eigenvalue weighted by Gasteiger charge is -2.03. The smallest absolute Gasteiger partial charge is 0.118 e. The van der Waals surface area contributed by atoms with Gasteiger partial charge in [0.1, 0.15) is 5.75 Å². The van der Waals surface area contributed by atoms with Gasteiger partial charge in [-0.1, -0.05) is 30.3 Å². The van der Waals surface area contributed by atoms with Crippen LogP contribution in [0, 0.1) is 13.0 Å². The SMILES string of the molecule is COc1ccc(-c2[c]c(C)ccc2)cc1. The fourth-order valence-corrected chi connectivity index (χ4v) is 1.52. The number of hydrogen-bond donors (Lipinski definition) is 0. The molecule has 1 nitrogen and oxygen atoms in total. The Morgan fingerprint density at radius 1 is 1.00 bits per heavy atom. The topological polar surface area (TPSA) is 9.23 Å². The molecule has 2 rings (SSSR count). The molecular formula is C14H13O. The number of ether oxygens (including phenoxy) is 1. The summed E-state index contributed by atoms with van der Waals surface area (Å²) < 4.78 is 5.12. The minimum atomic E-state index is 0.881. The molecule has 15 heavy (non-hydrogen) atoms. The van der Waals surface area contributed by atoms with Crippen LogP contribution in [0.4, 0.5) is 0 Å². The van der Waals surface area contributed by atoms with E-state index in [1.807, 2.05) is 43.3 Å². The Morgan fingerprint density at radius 2 is 1.73 bits per heavy atom. The van der Waals surface area contributed by atoms with E-state index in [4.69, 9.17) is 4.74 Å². The van der Waals surface area contributed by atoms with Crippen LogP contribution in [0.25, 0.3) is 11.1 Å². The number of hydrogen-bond acceptors (Lipinski definition) is 1. The second-order valence-corrected chi connectivity index (χ2v) is 3.48. The minimum absolute atomic E-state index is 0.881. The highest BCUT2D eigenvalue weighted by Gasteiger charge is 1.98. The third kappa shape index (κ3) is 2.18. The second kappa shape index (κ2) is 4.18. The van der Waals surface area contributed by atoms with Gasteiger partial charge in [-0.2, -0.15) is 0 Å². The molecule has 0 saturated carbocycles. The summed E-state index contributed by atoms with van der Waals surface area (Å²) in [6.07, 6.45) is 0. The molecule has 0 aliphatic rings. The third-order valence-corrected chi connectivity index (χ3v) is 2.34. The van der Waals surface area contributed by atoms with Crippen molar-refractivity contribution in [3.63, 3.8) is 0 Å². The van der Waals surface area contributed by atoms with E-state index >= 15 is 0 Å². The second-order valence-electron chi connectivity index (χ2n) is 3.48. The molecule has 0 bridgehead atoms. The van der Waals surface area contributed by atoms with E-state index in [0.717, 1.165) is 16.9 Å². The van der Waals surface area contributed by atoms with Crippen molar-refractivity contribution in [1.29, 1.82) is 0 Å². The van der Waals surface area contributed by atoms with E-state index in [0.29, 0.717) is 0 Å². The average molecular weight is 197 g/mol. The van der Waals surface area contributed by atoms with E-state index in [1.165, 1.54) is 5.56 Å². The predicted molar refractivity (Wildman–Crippen MR) is 62.0 cm³/mol. The molecule has 0 unspecified atom stereocenters. The van der Waals surface area contributed by atoms with Gasteiger partial charge in [0.25, 0.3) is 0 Å². The highest BCUT2D eigenvalue weighted by Crippen LogP contribution is 2.22. The molecule has 1 radical (unpaired) electrons. The predicted octanol–water partition coefficient (Wildman–Crippen LogP) is 3.47. The van der Waals surface area contributed by atoms with Crippen LogP contribution in [0.1, 0.15) is 5.56 Å². The summed E-state index contributed by atoms with van der Waals surface area (Å²) in [6, 6.07) is 17.5. The van der Waals surface area contributed by atoms with Crippen molar-refractivity contribution in [3.05, 3.63) is 54.1 Å². The lowest BCUT2D eigenvalue weighted by molar-refractivity contribution is 0.415. The van der Waals surface area contributed by atoms with Crippen molar-refractivity contribution < 1.29 is 4.74 Å². The maximum atomic E-state index is 5.12. The highest BCUT2D eigenvalue weighted by molar-refractivity contribution is 5.64. The van der Waals surface area contributed by atoms with Crippen LogP contribution in [0.15, 0.2) is 42.5 Å². The standard InChI is InChI=1S/C14H13O/c1-11-4-3-5-13(10-11)12-6-8-14(15-2)9-7-12/h3-9H,1-2H3. The van der Waals surface area contributed by atoms with Crippen molar-refractivity contribution >= 4 is 0 Å². The van der Waals surface area contributed by atoms with Crippen LogP contribution in [-0.4, -0.2) is 7.11 Å². The van der Waals surface area contributed by atoms with Crippen LogP contribution in [0.3, 0.4) is 0 Å². The summed E-state index contributed by atoms with van der Waals surface area (Å²) in [5.41, 5.74) is 3.44. The average Bonchev–Trinajstić information content (AvgIpc) is 2.29. The maximum Gasteiger partial charge on any atom is 0.118 e. The zero-order valence-corrected chi connectivity index (χ0v) is 8.95. The van der Waals surface area contributed by atoms with E-state index in [2.05, 4.69) is 12.1 Å². The number of benzene rings is 2. The number of rotatable bonds is 2. The first-order valence-corrected chi connectivity index (χ1v) is 4.93. The summed E-state index contributed by atoms with van der Waals surface area (Å²) in [4.78, 5) is 0. The monoisotopic (exact) mass is 197 g/mol. The van der Waals surface area contributed by atoms with Crippen molar-refractivity contribution in [2.75, 3.05) is 7.11 Å². The van der Waals surface area contributed by atoms with Gasteiger partial charge in [-0.05, 0) is 41.8 Å². The maximum absolute atomic E-state index is 5.12. The molecule has 1 heteroatoms. The van der Waals surface area contributed by atoms with E-state index in [9.17, 15) is 0 Å². The molecule has 0 heterocycles. The van der Waals surface area contributed by atoms with Crippen molar-refractivity contribution in [2.24, 2.45) is 0 Å². The Kier molecular flexibility index (Phi) is 2.72. The summed E-state index contributed by atoms with van der Waals surface area (Å²) in [7, 11) is 1.67.